The Balaban J connectivity index is 1.70. The lowest BCUT2D eigenvalue weighted by molar-refractivity contribution is -0.117. The maximum atomic E-state index is 12.4. The number of anilines is 1. The van der Waals surface area contributed by atoms with E-state index in [0.717, 1.165) is 30.3 Å². The van der Waals surface area contributed by atoms with Gasteiger partial charge in [0.25, 0.3) is 0 Å². The number of rotatable bonds is 4. The van der Waals surface area contributed by atoms with Crippen LogP contribution in [0.5, 0.6) is 0 Å². The number of carbonyl (C=O) groups excluding carboxylic acids is 1. The number of nitrogens with one attached hydrogen (secondary N) is 1. The first-order valence-corrected chi connectivity index (χ1v) is 8.67. The van der Waals surface area contributed by atoms with Crippen molar-refractivity contribution in [1.29, 1.82) is 0 Å². The summed E-state index contributed by atoms with van der Waals surface area (Å²) in [5, 5.41) is 7.54. The summed E-state index contributed by atoms with van der Waals surface area (Å²) in [4.78, 5) is 14.7. The molecule has 1 aliphatic rings. The Labute approximate surface area is 143 Å². The quantitative estimate of drug-likeness (QED) is 0.939. The fourth-order valence-corrected chi connectivity index (χ4v) is 3.29. The van der Waals surface area contributed by atoms with E-state index in [1.165, 1.54) is 18.4 Å². The smallest absolute Gasteiger partial charge is 0.239 e. The second kappa shape index (κ2) is 7.18. The van der Waals surface area contributed by atoms with Gasteiger partial charge in [-0.05, 0) is 51.3 Å². The number of likely N-dealkylation sites (tertiary alicyclic amines) is 1. The van der Waals surface area contributed by atoms with Crippen LogP contribution in [0.2, 0.25) is 0 Å². The zero-order valence-corrected chi connectivity index (χ0v) is 14.7. The van der Waals surface area contributed by atoms with Crippen LogP contribution in [0, 0.1) is 19.8 Å². The highest BCUT2D eigenvalue weighted by Crippen LogP contribution is 2.19. The number of aromatic nitrogens is 2. The maximum absolute atomic E-state index is 12.4. The third-order valence-electron chi connectivity index (χ3n) is 4.49. The first-order valence-electron chi connectivity index (χ1n) is 8.67. The molecule has 1 aromatic carbocycles. The number of hydrogen-bond acceptors (Lipinski definition) is 3. The lowest BCUT2D eigenvalue weighted by atomic mass is 10.0. The van der Waals surface area contributed by atoms with Crippen molar-refractivity contribution >= 4 is 11.7 Å². The molecule has 0 unspecified atom stereocenters. The van der Waals surface area contributed by atoms with Crippen LogP contribution >= 0.6 is 0 Å². The average molecular weight is 326 g/mol. The van der Waals surface area contributed by atoms with E-state index in [9.17, 15) is 4.79 Å². The maximum Gasteiger partial charge on any atom is 0.239 e. The monoisotopic (exact) mass is 326 g/mol. The second-order valence-corrected chi connectivity index (χ2v) is 6.95. The lowest BCUT2D eigenvalue weighted by Gasteiger charge is -2.30. The largest absolute Gasteiger partial charge is 0.309 e. The molecule has 0 spiro atoms. The Bertz CT molecular complexity index is 705. The summed E-state index contributed by atoms with van der Waals surface area (Å²) >= 11 is 0. The minimum Gasteiger partial charge on any atom is -0.309 e. The standard InChI is InChI=1S/C19H26N4O/c1-14-6-8-17(9-7-14)23-18(11-16(3)21-23)20-19(24)13-22-10-4-5-15(2)12-22/h6-9,11,15H,4-5,10,12-13H2,1-3H3,(H,20,24)/t15-/m0/s1. The van der Waals surface area contributed by atoms with Crippen molar-refractivity contribution in [2.45, 2.75) is 33.6 Å². The Kier molecular flexibility index (Phi) is 5.00. The Morgan fingerprint density at radius 1 is 1.29 bits per heavy atom. The summed E-state index contributed by atoms with van der Waals surface area (Å²) in [7, 11) is 0. The number of aryl methyl sites for hydroxylation is 2. The van der Waals surface area contributed by atoms with Gasteiger partial charge in [-0.2, -0.15) is 5.10 Å². The lowest BCUT2D eigenvalue weighted by Crippen LogP contribution is -2.39. The highest BCUT2D eigenvalue weighted by atomic mass is 16.2. The Hall–Kier alpha value is -2.14. The summed E-state index contributed by atoms with van der Waals surface area (Å²) in [6, 6.07) is 10.0. The van der Waals surface area contributed by atoms with Gasteiger partial charge in [-0.3, -0.25) is 9.69 Å². The average Bonchev–Trinajstić information content (AvgIpc) is 2.88. The number of hydrogen-bond donors (Lipinski definition) is 1. The molecule has 0 bridgehead atoms. The molecule has 1 aliphatic heterocycles. The van der Waals surface area contributed by atoms with Gasteiger partial charge in [-0.1, -0.05) is 24.6 Å². The molecule has 24 heavy (non-hydrogen) atoms. The van der Waals surface area contributed by atoms with Crippen molar-refractivity contribution in [1.82, 2.24) is 14.7 Å². The molecule has 128 valence electrons. The number of carbonyl (C=O) groups is 1. The fourth-order valence-electron chi connectivity index (χ4n) is 3.29. The van der Waals surface area contributed by atoms with E-state index < -0.39 is 0 Å². The van der Waals surface area contributed by atoms with Crippen LogP contribution in [-0.4, -0.2) is 40.2 Å². The van der Waals surface area contributed by atoms with Gasteiger partial charge in [0.2, 0.25) is 5.91 Å². The summed E-state index contributed by atoms with van der Waals surface area (Å²) < 4.78 is 1.80. The molecule has 0 radical (unpaired) electrons. The van der Waals surface area contributed by atoms with E-state index in [4.69, 9.17) is 0 Å². The van der Waals surface area contributed by atoms with E-state index in [1.54, 1.807) is 4.68 Å². The van der Waals surface area contributed by atoms with Crippen LogP contribution < -0.4 is 5.32 Å². The third kappa shape index (κ3) is 4.03. The van der Waals surface area contributed by atoms with Crippen LogP contribution in [0.1, 0.15) is 31.0 Å². The molecular weight excluding hydrogens is 300 g/mol. The van der Waals surface area contributed by atoms with E-state index in [2.05, 4.69) is 29.2 Å². The molecule has 0 saturated carbocycles. The minimum absolute atomic E-state index is 0.0253. The summed E-state index contributed by atoms with van der Waals surface area (Å²) in [5.41, 5.74) is 3.04. The van der Waals surface area contributed by atoms with Crippen molar-refractivity contribution in [3.8, 4) is 5.69 Å². The highest BCUT2D eigenvalue weighted by Gasteiger charge is 2.19. The molecule has 1 fully saturated rings. The topological polar surface area (TPSA) is 50.2 Å². The van der Waals surface area contributed by atoms with Gasteiger partial charge in [0.05, 0.1) is 17.9 Å². The van der Waals surface area contributed by atoms with Crippen LogP contribution in [-0.2, 0) is 4.79 Å². The van der Waals surface area contributed by atoms with E-state index >= 15 is 0 Å². The van der Waals surface area contributed by atoms with Gasteiger partial charge >= 0.3 is 0 Å². The molecule has 2 heterocycles. The van der Waals surface area contributed by atoms with Gasteiger partial charge in [-0.15, -0.1) is 0 Å². The number of piperidine rings is 1. The SMILES string of the molecule is Cc1ccc(-n2nc(C)cc2NC(=O)CN2CCC[C@H](C)C2)cc1. The normalized spacial score (nSPS) is 18.5. The molecule has 0 aliphatic carbocycles. The van der Waals surface area contributed by atoms with Crippen LogP contribution in [0.25, 0.3) is 5.69 Å². The molecular formula is C19H26N4O. The first-order chi connectivity index (χ1) is 11.5. The van der Waals surface area contributed by atoms with Gasteiger partial charge in [0.1, 0.15) is 5.82 Å². The molecule has 1 aromatic heterocycles. The summed E-state index contributed by atoms with van der Waals surface area (Å²) in [6.07, 6.45) is 2.44. The minimum atomic E-state index is 0.0253. The third-order valence-corrected chi connectivity index (χ3v) is 4.49. The molecule has 1 atom stereocenters. The summed E-state index contributed by atoms with van der Waals surface area (Å²) in [5.74, 6) is 1.43. The second-order valence-electron chi connectivity index (χ2n) is 6.95. The van der Waals surface area contributed by atoms with E-state index in [1.807, 2.05) is 37.3 Å². The molecule has 2 aromatic rings. The number of amides is 1. The van der Waals surface area contributed by atoms with Crippen molar-refractivity contribution in [3.63, 3.8) is 0 Å². The predicted molar refractivity (Wildman–Crippen MR) is 96.5 cm³/mol. The molecule has 1 N–H and O–H groups in total. The predicted octanol–water partition coefficient (Wildman–Crippen LogP) is 3.16. The first kappa shape index (κ1) is 16.7. The molecule has 5 heteroatoms. The van der Waals surface area contributed by atoms with Gasteiger partial charge in [-0.25, -0.2) is 4.68 Å². The summed E-state index contributed by atoms with van der Waals surface area (Å²) in [6.45, 7) is 8.70. The number of benzene rings is 1. The van der Waals surface area contributed by atoms with Crippen LogP contribution in [0.3, 0.4) is 0 Å². The van der Waals surface area contributed by atoms with Crippen LogP contribution in [0.15, 0.2) is 30.3 Å². The van der Waals surface area contributed by atoms with Gasteiger partial charge in [0.15, 0.2) is 0 Å². The van der Waals surface area contributed by atoms with E-state index in [0.29, 0.717) is 12.5 Å². The van der Waals surface area contributed by atoms with E-state index in [-0.39, 0.29) is 5.91 Å². The molecule has 5 nitrogen and oxygen atoms in total. The Morgan fingerprint density at radius 2 is 2.04 bits per heavy atom. The zero-order valence-electron chi connectivity index (χ0n) is 14.7. The van der Waals surface area contributed by atoms with Crippen LogP contribution in [0.4, 0.5) is 5.82 Å². The van der Waals surface area contributed by atoms with Crippen molar-refractivity contribution in [3.05, 3.63) is 41.6 Å². The molecule has 1 saturated heterocycles. The van der Waals surface area contributed by atoms with Crippen molar-refractivity contribution < 1.29 is 4.79 Å². The fraction of sp³-hybridized carbons (Fsp3) is 0.474. The molecule has 1 amide bonds. The van der Waals surface area contributed by atoms with Gasteiger partial charge < -0.3 is 5.32 Å². The number of nitrogens with zero attached hydrogens (tertiary/aromatic N) is 3. The van der Waals surface area contributed by atoms with Crippen molar-refractivity contribution in [2.75, 3.05) is 25.0 Å². The molecule has 3 rings (SSSR count). The van der Waals surface area contributed by atoms with Gasteiger partial charge in [0, 0.05) is 12.6 Å². The highest BCUT2D eigenvalue weighted by molar-refractivity contribution is 5.91. The zero-order chi connectivity index (χ0) is 17.1. The Morgan fingerprint density at radius 3 is 2.75 bits per heavy atom. The van der Waals surface area contributed by atoms with Crippen molar-refractivity contribution in [2.24, 2.45) is 5.92 Å².